The Morgan fingerprint density at radius 2 is 1.76 bits per heavy atom. The third kappa shape index (κ3) is 2.62. The molecule has 0 saturated heterocycles. The van der Waals surface area contributed by atoms with E-state index in [0.29, 0.717) is 16.7 Å². The Hall–Kier alpha value is -2.33. The lowest BCUT2D eigenvalue weighted by atomic mass is 10.1. The van der Waals surface area contributed by atoms with Gasteiger partial charge in [0.2, 0.25) is 0 Å². The van der Waals surface area contributed by atoms with Crippen molar-refractivity contribution in [1.29, 1.82) is 0 Å². The molecule has 0 bridgehead atoms. The van der Waals surface area contributed by atoms with Gasteiger partial charge >= 0.3 is 0 Å². The molecule has 3 aromatic rings. The summed E-state index contributed by atoms with van der Waals surface area (Å²) < 4.78 is 18.8. The van der Waals surface area contributed by atoms with Gasteiger partial charge in [0, 0.05) is 25.2 Å². The van der Waals surface area contributed by atoms with Crippen LogP contribution in [-0.4, -0.2) is 19.2 Å². The zero-order valence-corrected chi connectivity index (χ0v) is 11.9. The summed E-state index contributed by atoms with van der Waals surface area (Å²) in [5.74, 6) is 0.0906. The van der Waals surface area contributed by atoms with Gasteiger partial charge in [-0.15, -0.1) is 0 Å². The van der Waals surface area contributed by atoms with Gasteiger partial charge < -0.3 is 14.4 Å². The zero-order chi connectivity index (χ0) is 15.0. The molecule has 0 spiro atoms. The molecule has 1 heterocycles. The van der Waals surface area contributed by atoms with Crippen molar-refractivity contribution in [2.45, 2.75) is 6.10 Å². The summed E-state index contributed by atoms with van der Waals surface area (Å²) in [6.45, 7) is 0. The van der Waals surface area contributed by atoms with Gasteiger partial charge in [-0.05, 0) is 42.0 Å². The maximum absolute atomic E-state index is 13.2. The van der Waals surface area contributed by atoms with E-state index in [9.17, 15) is 9.50 Å². The van der Waals surface area contributed by atoms with Gasteiger partial charge in [-0.2, -0.15) is 0 Å². The van der Waals surface area contributed by atoms with Crippen molar-refractivity contribution in [2.24, 2.45) is 0 Å². The van der Waals surface area contributed by atoms with Gasteiger partial charge in [0.1, 0.15) is 23.3 Å². The molecular weight excluding hydrogens is 269 g/mol. The summed E-state index contributed by atoms with van der Waals surface area (Å²) in [6, 6.07) is 13.5. The molecule has 0 saturated carbocycles. The Balaban J connectivity index is 1.93. The van der Waals surface area contributed by atoms with Gasteiger partial charge in [-0.25, -0.2) is 4.39 Å². The maximum Gasteiger partial charge on any atom is 0.138 e. The lowest BCUT2D eigenvalue weighted by molar-refractivity contribution is 0.192. The predicted octanol–water partition coefficient (Wildman–Crippen LogP) is 3.72. The van der Waals surface area contributed by atoms with Gasteiger partial charge in [0.05, 0.1) is 0 Å². The van der Waals surface area contributed by atoms with E-state index >= 15 is 0 Å². The largest absolute Gasteiger partial charge is 0.458 e. The second kappa shape index (κ2) is 5.22. The fourth-order valence-electron chi connectivity index (χ4n) is 2.29. The van der Waals surface area contributed by atoms with E-state index in [1.165, 1.54) is 12.1 Å². The van der Waals surface area contributed by atoms with Gasteiger partial charge in [-0.3, -0.25) is 0 Å². The number of fused-ring (bicyclic) bond motifs is 1. The molecule has 3 nitrogen and oxygen atoms in total. The van der Waals surface area contributed by atoms with E-state index in [-0.39, 0.29) is 5.82 Å². The van der Waals surface area contributed by atoms with Crippen molar-refractivity contribution >= 4 is 16.7 Å². The standard InChI is InChI=1S/C17H16FNO2/c1-19(2)14-6-3-11(4-7-14)17(20)16-10-12-9-13(18)5-8-15(12)21-16/h3-10,17,20H,1-2H3. The SMILES string of the molecule is CN(C)c1ccc(C(O)c2cc3cc(F)ccc3o2)cc1. The van der Waals surface area contributed by atoms with Crippen molar-refractivity contribution in [3.8, 4) is 0 Å². The first-order valence-electron chi connectivity index (χ1n) is 6.69. The monoisotopic (exact) mass is 285 g/mol. The molecule has 4 heteroatoms. The van der Waals surface area contributed by atoms with Gasteiger partial charge in [0.25, 0.3) is 0 Å². The minimum atomic E-state index is -0.864. The van der Waals surface area contributed by atoms with E-state index in [2.05, 4.69) is 0 Å². The molecule has 1 aromatic heterocycles. The number of hydrogen-bond acceptors (Lipinski definition) is 3. The minimum Gasteiger partial charge on any atom is -0.458 e. The van der Waals surface area contributed by atoms with Crippen LogP contribution < -0.4 is 4.90 Å². The van der Waals surface area contributed by atoms with E-state index in [4.69, 9.17) is 4.42 Å². The number of aliphatic hydroxyl groups excluding tert-OH is 1. The Morgan fingerprint density at radius 1 is 1.05 bits per heavy atom. The van der Waals surface area contributed by atoms with Crippen LogP contribution in [0.5, 0.6) is 0 Å². The summed E-state index contributed by atoms with van der Waals surface area (Å²) >= 11 is 0. The summed E-state index contributed by atoms with van der Waals surface area (Å²) in [4.78, 5) is 1.99. The van der Waals surface area contributed by atoms with Crippen LogP contribution in [0.25, 0.3) is 11.0 Å². The molecule has 0 fully saturated rings. The zero-order valence-electron chi connectivity index (χ0n) is 11.9. The molecule has 1 unspecified atom stereocenters. The predicted molar refractivity (Wildman–Crippen MR) is 81.0 cm³/mol. The number of halogens is 1. The molecule has 0 aliphatic heterocycles. The summed E-state index contributed by atoms with van der Waals surface area (Å²) in [6.07, 6.45) is -0.864. The summed E-state index contributed by atoms with van der Waals surface area (Å²) in [7, 11) is 3.92. The molecule has 108 valence electrons. The molecule has 2 aromatic carbocycles. The molecule has 0 aliphatic carbocycles. The Bertz CT molecular complexity index is 762. The van der Waals surface area contributed by atoms with Crippen molar-refractivity contribution in [1.82, 2.24) is 0 Å². The Labute approximate surface area is 122 Å². The lowest BCUT2D eigenvalue weighted by Gasteiger charge is -2.14. The van der Waals surface area contributed by atoms with Crippen LogP contribution in [0.3, 0.4) is 0 Å². The smallest absolute Gasteiger partial charge is 0.138 e. The normalized spacial score (nSPS) is 12.6. The molecule has 0 aliphatic rings. The van der Waals surface area contributed by atoms with Crippen molar-refractivity contribution in [3.05, 3.63) is 65.7 Å². The second-order valence-corrected chi connectivity index (χ2v) is 5.22. The topological polar surface area (TPSA) is 36.6 Å². The number of aliphatic hydroxyl groups is 1. The van der Waals surface area contributed by atoms with Crippen LogP contribution in [0.2, 0.25) is 0 Å². The highest BCUT2D eigenvalue weighted by molar-refractivity contribution is 5.78. The molecule has 1 N–H and O–H groups in total. The minimum absolute atomic E-state index is 0.320. The first-order chi connectivity index (χ1) is 10.0. The third-order valence-corrected chi connectivity index (χ3v) is 3.49. The maximum atomic E-state index is 13.2. The van der Waals surface area contributed by atoms with Crippen molar-refractivity contribution < 1.29 is 13.9 Å². The first-order valence-corrected chi connectivity index (χ1v) is 6.69. The number of benzene rings is 2. The summed E-state index contributed by atoms with van der Waals surface area (Å²) in [5.41, 5.74) is 2.35. The van der Waals surface area contributed by atoms with Gasteiger partial charge in [-0.1, -0.05) is 12.1 Å². The third-order valence-electron chi connectivity index (χ3n) is 3.49. The Kier molecular flexibility index (Phi) is 3.39. The summed E-state index contributed by atoms with van der Waals surface area (Å²) in [5, 5.41) is 11.0. The van der Waals surface area contributed by atoms with E-state index in [0.717, 1.165) is 11.3 Å². The van der Waals surface area contributed by atoms with Crippen molar-refractivity contribution in [2.75, 3.05) is 19.0 Å². The van der Waals surface area contributed by atoms with Crippen LogP contribution >= 0.6 is 0 Å². The number of nitrogens with zero attached hydrogens (tertiary/aromatic N) is 1. The van der Waals surface area contributed by atoms with Crippen LogP contribution in [-0.2, 0) is 0 Å². The number of rotatable bonds is 3. The lowest BCUT2D eigenvalue weighted by Crippen LogP contribution is -2.08. The highest BCUT2D eigenvalue weighted by Gasteiger charge is 2.16. The van der Waals surface area contributed by atoms with Crippen LogP contribution in [0.1, 0.15) is 17.4 Å². The molecular formula is C17H16FNO2. The molecule has 3 rings (SSSR count). The van der Waals surface area contributed by atoms with E-state index in [1.54, 1.807) is 12.1 Å². The fourth-order valence-corrected chi connectivity index (χ4v) is 2.29. The van der Waals surface area contributed by atoms with Gasteiger partial charge in [0.15, 0.2) is 0 Å². The fraction of sp³-hybridized carbons (Fsp3) is 0.176. The quantitative estimate of drug-likeness (QED) is 0.797. The average Bonchev–Trinajstić information content (AvgIpc) is 2.89. The average molecular weight is 285 g/mol. The number of hydrogen-bond donors (Lipinski definition) is 1. The molecule has 1 atom stereocenters. The number of furan rings is 1. The van der Waals surface area contributed by atoms with Crippen LogP contribution in [0.4, 0.5) is 10.1 Å². The molecule has 0 amide bonds. The second-order valence-electron chi connectivity index (χ2n) is 5.22. The first kappa shape index (κ1) is 13.6. The Morgan fingerprint density at radius 3 is 2.43 bits per heavy atom. The van der Waals surface area contributed by atoms with Crippen LogP contribution in [0.15, 0.2) is 52.9 Å². The van der Waals surface area contributed by atoms with E-state index < -0.39 is 6.10 Å². The van der Waals surface area contributed by atoms with E-state index in [1.807, 2.05) is 43.3 Å². The molecule has 0 radical (unpaired) electrons. The van der Waals surface area contributed by atoms with Crippen molar-refractivity contribution in [3.63, 3.8) is 0 Å². The number of anilines is 1. The van der Waals surface area contributed by atoms with Crippen LogP contribution in [0, 0.1) is 5.82 Å². The highest BCUT2D eigenvalue weighted by Crippen LogP contribution is 2.29. The highest BCUT2D eigenvalue weighted by atomic mass is 19.1. The molecule has 21 heavy (non-hydrogen) atoms.